The number of hydrogen-bond acceptors (Lipinski definition) is 6. The average Bonchev–Trinajstić information content (AvgIpc) is 3.09. The number of nitrogens with zero attached hydrogens (tertiary/aromatic N) is 4. The third-order valence-electron chi connectivity index (χ3n) is 2.37. The fourth-order valence-electron chi connectivity index (χ4n) is 1.35. The Labute approximate surface area is 102 Å². The lowest BCUT2D eigenvalue weighted by molar-refractivity contribution is 0.283. The summed E-state index contributed by atoms with van der Waals surface area (Å²) >= 11 is 5.56. The van der Waals surface area contributed by atoms with Crippen molar-refractivity contribution in [1.82, 2.24) is 20.1 Å². The van der Waals surface area contributed by atoms with Crippen LogP contribution in [0, 0.1) is 0 Å². The van der Waals surface area contributed by atoms with E-state index in [2.05, 4.69) is 20.1 Å². The molecule has 2 heterocycles. The number of rotatable bonds is 4. The average molecular weight is 253 g/mol. The molecule has 0 saturated heterocycles. The van der Waals surface area contributed by atoms with Crippen molar-refractivity contribution < 1.29 is 9.26 Å². The minimum absolute atomic E-state index is 0.188. The largest absolute Gasteiger partial charge is 0.482 e. The highest BCUT2D eigenvalue weighted by atomic mass is 35.5. The van der Waals surface area contributed by atoms with Gasteiger partial charge in [0, 0.05) is 5.92 Å². The Balaban J connectivity index is 1.60. The highest BCUT2D eigenvalue weighted by Gasteiger charge is 2.29. The minimum Gasteiger partial charge on any atom is -0.482 e. The van der Waals surface area contributed by atoms with E-state index in [-0.39, 0.29) is 11.9 Å². The molecule has 0 bridgehead atoms. The Morgan fingerprint density at radius 2 is 2.12 bits per heavy atom. The number of halogens is 1. The second kappa shape index (κ2) is 4.29. The van der Waals surface area contributed by atoms with Gasteiger partial charge in [0.15, 0.2) is 12.4 Å². The maximum atomic E-state index is 5.56. The Kier molecular flexibility index (Phi) is 2.64. The van der Waals surface area contributed by atoms with Crippen LogP contribution in [0.2, 0.25) is 5.28 Å². The van der Waals surface area contributed by atoms with Gasteiger partial charge in [-0.05, 0) is 24.4 Å². The van der Waals surface area contributed by atoms with Gasteiger partial charge in [-0.2, -0.15) is 4.98 Å². The summed E-state index contributed by atoms with van der Waals surface area (Å²) in [5.74, 6) is 2.21. The standard InChI is InChI=1S/C10H9ClN4O2/c11-10-12-3-7(4-13-10)16-5-8-14-9(17-15-8)6-1-2-6/h3-4,6H,1-2,5H2. The molecule has 6 nitrogen and oxygen atoms in total. The Morgan fingerprint density at radius 1 is 1.35 bits per heavy atom. The maximum absolute atomic E-state index is 5.56. The summed E-state index contributed by atoms with van der Waals surface area (Å²) in [6.07, 6.45) is 5.26. The van der Waals surface area contributed by atoms with E-state index in [1.54, 1.807) is 0 Å². The van der Waals surface area contributed by atoms with Crippen molar-refractivity contribution in [3.8, 4) is 5.75 Å². The molecule has 1 saturated carbocycles. The first-order chi connectivity index (χ1) is 8.31. The molecule has 17 heavy (non-hydrogen) atoms. The van der Waals surface area contributed by atoms with Crippen LogP contribution in [-0.4, -0.2) is 20.1 Å². The summed E-state index contributed by atoms with van der Waals surface area (Å²) < 4.78 is 10.5. The van der Waals surface area contributed by atoms with Gasteiger partial charge in [0.2, 0.25) is 17.0 Å². The molecule has 0 spiro atoms. The summed E-state index contributed by atoms with van der Waals surface area (Å²) in [7, 11) is 0. The second-order valence-electron chi connectivity index (χ2n) is 3.80. The van der Waals surface area contributed by atoms with Gasteiger partial charge in [-0.1, -0.05) is 5.16 Å². The van der Waals surface area contributed by atoms with Gasteiger partial charge in [0.1, 0.15) is 0 Å². The smallest absolute Gasteiger partial charge is 0.229 e. The van der Waals surface area contributed by atoms with Crippen LogP contribution in [0.1, 0.15) is 30.5 Å². The van der Waals surface area contributed by atoms with Crippen LogP contribution in [0.15, 0.2) is 16.9 Å². The fourth-order valence-corrected chi connectivity index (χ4v) is 1.44. The molecule has 3 rings (SSSR count). The molecular formula is C10H9ClN4O2. The zero-order chi connectivity index (χ0) is 11.7. The lowest BCUT2D eigenvalue weighted by Crippen LogP contribution is -1.98. The van der Waals surface area contributed by atoms with Crippen LogP contribution in [-0.2, 0) is 6.61 Å². The Hall–Kier alpha value is -1.69. The number of aromatic nitrogens is 4. The van der Waals surface area contributed by atoms with Gasteiger partial charge in [-0.15, -0.1) is 0 Å². The molecule has 7 heteroatoms. The van der Waals surface area contributed by atoms with Crippen molar-refractivity contribution in [2.75, 3.05) is 0 Å². The molecule has 0 radical (unpaired) electrons. The van der Waals surface area contributed by atoms with Gasteiger partial charge in [-0.3, -0.25) is 0 Å². The molecule has 0 N–H and O–H groups in total. The van der Waals surface area contributed by atoms with Crippen LogP contribution in [0.4, 0.5) is 0 Å². The van der Waals surface area contributed by atoms with Gasteiger partial charge >= 0.3 is 0 Å². The lowest BCUT2D eigenvalue weighted by atomic mass is 10.4. The summed E-state index contributed by atoms with van der Waals surface area (Å²) in [6, 6.07) is 0. The topological polar surface area (TPSA) is 73.9 Å². The van der Waals surface area contributed by atoms with Crippen molar-refractivity contribution in [3.05, 3.63) is 29.4 Å². The normalized spacial score (nSPS) is 14.9. The van der Waals surface area contributed by atoms with E-state index in [1.807, 2.05) is 0 Å². The monoisotopic (exact) mass is 252 g/mol. The molecule has 0 aromatic carbocycles. The summed E-state index contributed by atoms with van der Waals surface area (Å²) in [4.78, 5) is 11.8. The van der Waals surface area contributed by atoms with E-state index in [1.165, 1.54) is 12.4 Å². The predicted octanol–water partition coefficient (Wildman–Crippen LogP) is 1.97. The van der Waals surface area contributed by atoms with E-state index in [4.69, 9.17) is 20.9 Å². The van der Waals surface area contributed by atoms with Crippen molar-refractivity contribution in [2.24, 2.45) is 0 Å². The third-order valence-corrected chi connectivity index (χ3v) is 2.57. The zero-order valence-corrected chi connectivity index (χ0v) is 9.59. The molecule has 1 aliphatic rings. The fraction of sp³-hybridized carbons (Fsp3) is 0.400. The quantitative estimate of drug-likeness (QED) is 0.775. The Morgan fingerprint density at radius 3 is 2.82 bits per heavy atom. The van der Waals surface area contributed by atoms with E-state index < -0.39 is 0 Å². The first-order valence-corrected chi connectivity index (χ1v) is 5.62. The van der Waals surface area contributed by atoms with E-state index >= 15 is 0 Å². The maximum Gasteiger partial charge on any atom is 0.229 e. The van der Waals surface area contributed by atoms with E-state index in [9.17, 15) is 0 Å². The summed E-state index contributed by atoms with van der Waals surface area (Å²) in [5.41, 5.74) is 0. The molecule has 0 aliphatic heterocycles. The van der Waals surface area contributed by atoms with Crippen LogP contribution >= 0.6 is 11.6 Å². The second-order valence-corrected chi connectivity index (χ2v) is 4.14. The molecule has 0 atom stereocenters. The first kappa shape index (κ1) is 10.5. The van der Waals surface area contributed by atoms with Gasteiger partial charge in [-0.25, -0.2) is 9.97 Å². The zero-order valence-electron chi connectivity index (χ0n) is 8.84. The van der Waals surface area contributed by atoms with Crippen molar-refractivity contribution in [1.29, 1.82) is 0 Å². The van der Waals surface area contributed by atoms with Crippen LogP contribution in [0.25, 0.3) is 0 Å². The molecule has 1 fully saturated rings. The SMILES string of the molecule is Clc1ncc(OCc2noc(C3CC3)n2)cn1. The van der Waals surface area contributed by atoms with E-state index in [0.29, 0.717) is 23.4 Å². The van der Waals surface area contributed by atoms with Gasteiger partial charge in [0.05, 0.1) is 12.4 Å². The predicted molar refractivity (Wildman–Crippen MR) is 57.6 cm³/mol. The van der Waals surface area contributed by atoms with Gasteiger partial charge < -0.3 is 9.26 Å². The highest BCUT2D eigenvalue weighted by molar-refractivity contribution is 6.28. The third kappa shape index (κ3) is 2.52. The highest BCUT2D eigenvalue weighted by Crippen LogP contribution is 2.38. The molecule has 0 unspecified atom stereocenters. The summed E-state index contributed by atoms with van der Waals surface area (Å²) in [6.45, 7) is 0.237. The van der Waals surface area contributed by atoms with Crippen LogP contribution < -0.4 is 4.74 Å². The summed E-state index contributed by atoms with van der Waals surface area (Å²) in [5, 5.41) is 4.02. The Bertz CT molecular complexity index is 509. The molecule has 2 aromatic rings. The first-order valence-electron chi connectivity index (χ1n) is 5.24. The van der Waals surface area contributed by atoms with Crippen LogP contribution in [0.3, 0.4) is 0 Å². The molecule has 0 amide bonds. The number of ether oxygens (including phenoxy) is 1. The van der Waals surface area contributed by atoms with Crippen molar-refractivity contribution in [2.45, 2.75) is 25.4 Å². The molecule has 88 valence electrons. The lowest BCUT2D eigenvalue weighted by Gasteiger charge is -2.00. The molecular weight excluding hydrogens is 244 g/mol. The van der Waals surface area contributed by atoms with Crippen LogP contribution in [0.5, 0.6) is 5.75 Å². The van der Waals surface area contributed by atoms with Crippen molar-refractivity contribution in [3.63, 3.8) is 0 Å². The number of hydrogen-bond donors (Lipinski definition) is 0. The van der Waals surface area contributed by atoms with Crippen molar-refractivity contribution >= 4 is 11.6 Å². The van der Waals surface area contributed by atoms with E-state index in [0.717, 1.165) is 12.8 Å². The minimum atomic E-state index is 0.188. The molecule has 1 aliphatic carbocycles. The van der Waals surface area contributed by atoms with Gasteiger partial charge in [0.25, 0.3) is 0 Å². The molecule has 2 aromatic heterocycles.